The van der Waals surface area contributed by atoms with Crippen molar-refractivity contribution in [3.8, 4) is 0 Å². The SMILES string of the molecule is Cc1cc(C(=O)N2CCc3cccc(N)c32)no1. The zero-order valence-electron chi connectivity index (χ0n) is 10.0. The number of carbonyl (C=O) groups excluding carboxylic acids is 1. The van der Waals surface area contributed by atoms with E-state index in [1.165, 1.54) is 0 Å². The molecular weight excluding hydrogens is 230 g/mol. The average molecular weight is 243 g/mol. The highest BCUT2D eigenvalue weighted by Crippen LogP contribution is 2.34. The average Bonchev–Trinajstić information content (AvgIpc) is 2.95. The highest BCUT2D eigenvalue weighted by molar-refractivity contribution is 6.07. The van der Waals surface area contributed by atoms with Crippen LogP contribution >= 0.6 is 0 Å². The molecule has 1 aliphatic rings. The molecule has 5 heteroatoms. The summed E-state index contributed by atoms with van der Waals surface area (Å²) in [4.78, 5) is 14.0. The lowest BCUT2D eigenvalue weighted by molar-refractivity contribution is 0.0980. The fraction of sp³-hybridized carbons (Fsp3) is 0.231. The van der Waals surface area contributed by atoms with E-state index < -0.39 is 0 Å². The molecule has 0 aliphatic carbocycles. The normalized spacial score (nSPS) is 13.7. The van der Waals surface area contributed by atoms with E-state index in [4.69, 9.17) is 10.3 Å². The van der Waals surface area contributed by atoms with Gasteiger partial charge in [-0.3, -0.25) is 4.79 Å². The van der Waals surface area contributed by atoms with Gasteiger partial charge in [0.25, 0.3) is 5.91 Å². The van der Waals surface area contributed by atoms with Gasteiger partial charge in [0, 0.05) is 12.6 Å². The molecule has 0 saturated heterocycles. The number of nitrogen functional groups attached to an aromatic ring is 1. The Morgan fingerprint density at radius 3 is 3.06 bits per heavy atom. The van der Waals surface area contributed by atoms with Gasteiger partial charge in [-0.15, -0.1) is 0 Å². The van der Waals surface area contributed by atoms with Gasteiger partial charge in [0.1, 0.15) is 5.76 Å². The maximum absolute atomic E-state index is 12.3. The topological polar surface area (TPSA) is 72.4 Å². The smallest absolute Gasteiger partial charge is 0.280 e. The molecule has 2 aromatic rings. The standard InChI is InChI=1S/C13H13N3O2/c1-8-7-11(15-18-8)13(17)16-6-5-9-3-2-4-10(14)12(9)16/h2-4,7H,5-6,14H2,1H3. The van der Waals surface area contributed by atoms with Crippen LogP contribution in [-0.4, -0.2) is 17.6 Å². The van der Waals surface area contributed by atoms with E-state index in [9.17, 15) is 4.79 Å². The molecule has 0 fully saturated rings. The van der Waals surface area contributed by atoms with Gasteiger partial charge in [-0.2, -0.15) is 0 Å². The summed E-state index contributed by atoms with van der Waals surface area (Å²) in [6.45, 7) is 2.39. The van der Waals surface area contributed by atoms with Gasteiger partial charge in [0.15, 0.2) is 5.69 Å². The Kier molecular flexibility index (Phi) is 2.33. The largest absolute Gasteiger partial charge is 0.397 e. The number of hydrogen-bond acceptors (Lipinski definition) is 4. The van der Waals surface area contributed by atoms with Crippen LogP contribution in [0.3, 0.4) is 0 Å². The van der Waals surface area contributed by atoms with Crippen LogP contribution in [-0.2, 0) is 6.42 Å². The number of amides is 1. The van der Waals surface area contributed by atoms with Gasteiger partial charge in [0.05, 0.1) is 11.4 Å². The molecule has 1 amide bonds. The van der Waals surface area contributed by atoms with Crippen molar-refractivity contribution in [3.05, 3.63) is 41.3 Å². The summed E-state index contributed by atoms with van der Waals surface area (Å²) < 4.78 is 4.93. The van der Waals surface area contributed by atoms with Crippen LogP contribution < -0.4 is 10.6 Å². The van der Waals surface area contributed by atoms with Crippen LogP contribution in [0.2, 0.25) is 0 Å². The Morgan fingerprint density at radius 1 is 1.50 bits per heavy atom. The maximum Gasteiger partial charge on any atom is 0.280 e. The number of aryl methyl sites for hydroxylation is 1. The van der Waals surface area contributed by atoms with E-state index in [2.05, 4.69) is 5.16 Å². The maximum atomic E-state index is 12.3. The third-order valence-electron chi connectivity index (χ3n) is 3.12. The van der Waals surface area contributed by atoms with Crippen molar-refractivity contribution in [1.82, 2.24) is 5.16 Å². The van der Waals surface area contributed by atoms with Gasteiger partial charge in [-0.1, -0.05) is 17.3 Å². The molecule has 0 saturated carbocycles. The molecule has 0 bridgehead atoms. The molecule has 2 N–H and O–H groups in total. The number of nitrogens with two attached hydrogens (primary N) is 1. The van der Waals surface area contributed by atoms with Gasteiger partial charge in [0.2, 0.25) is 0 Å². The Hall–Kier alpha value is -2.30. The lowest BCUT2D eigenvalue weighted by Gasteiger charge is -2.17. The highest BCUT2D eigenvalue weighted by atomic mass is 16.5. The van der Waals surface area contributed by atoms with Crippen molar-refractivity contribution in [2.75, 3.05) is 17.2 Å². The molecule has 3 rings (SSSR count). The van der Waals surface area contributed by atoms with Crippen LogP contribution in [0.4, 0.5) is 11.4 Å². The van der Waals surface area contributed by atoms with Gasteiger partial charge in [-0.25, -0.2) is 0 Å². The second-order valence-electron chi connectivity index (χ2n) is 4.38. The highest BCUT2D eigenvalue weighted by Gasteiger charge is 2.28. The van der Waals surface area contributed by atoms with Crippen molar-refractivity contribution in [2.24, 2.45) is 0 Å². The molecule has 5 nitrogen and oxygen atoms in total. The summed E-state index contributed by atoms with van der Waals surface area (Å²) >= 11 is 0. The molecule has 1 aromatic carbocycles. The van der Waals surface area contributed by atoms with E-state index in [1.54, 1.807) is 24.0 Å². The summed E-state index contributed by atoms with van der Waals surface area (Å²) in [7, 11) is 0. The van der Waals surface area contributed by atoms with Crippen LogP contribution in [0.1, 0.15) is 21.8 Å². The Balaban J connectivity index is 2.00. The second kappa shape index (κ2) is 3.87. The van der Waals surface area contributed by atoms with Crippen LogP contribution in [0.5, 0.6) is 0 Å². The summed E-state index contributed by atoms with van der Waals surface area (Å²) in [6, 6.07) is 7.34. The van der Waals surface area contributed by atoms with E-state index in [0.717, 1.165) is 17.7 Å². The predicted molar refractivity (Wildman–Crippen MR) is 67.5 cm³/mol. The van der Waals surface area contributed by atoms with E-state index >= 15 is 0 Å². The number of hydrogen-bond donors (Lipinski definition) is 1. The lowest BCUT2D eigenvalue weighted by Crippen LogP contribution is -2.29. The Morgan fingerprint density at radius 2 is 2.33 bits per heavy atom. The molecule has 1 aliphatic heterocycles. The molecule has 2 heterocycles. The number of para-hydroxylation sites is 1. The Labute approximate surface area is 104 Å². The molecule has 0 radical (unpaired) electrons. The van der Waals surface area contributed by atoms with Crippen molar-refractivity contribution in [3.63, 3.8) is 0 Å². The zero-order chi connectivity index (χ0) is 12.7. The molecule has 0 spiro atoms. The summed E-state index contributed by atoms with van der Waals surface area (Å²) in [5, 5.41) is 3.76. The minimum Gasteiger partial charge on any atom is -0.397 e. The van der Waals surface area contributed by atoms with Gasteiger partial charge in [-0.05, 0) is 25.0 Å². The summed E-state index contributed by atoms with van der Waals surface area (Å²) in [6.07, 6.45) is 0.822. The van der Waals surface area contributed by atoms with Crippen LogP contribution in [0, 0.1) is 6.92 Å². The lowest BCUT2D eigenvalue weighted by atomic mass is 10.1. The molecular formula is C13H13N3O2. The first kappa shape index (κ1) is 10.8. The number of fused-ring (bicyclic) bond motifs is 1. The van der Waals surface area contributed by atoms with Gasteiger partial charge >= 0.3 is 0 Å². The fourth-order valence-corrected chi connectivity index (χ4v) is 2.29. The Bertz CT molecular complexity index is 618. The van der Waals surface area contributed by atoms with Crippen LogP contribution in [0.15, 0.2) is 28.8 Å². The first-order chi connectivity index (χ1) is 8.66. The number of rotatable bonds is 1. The minimum absolute atomic E-state index is 0.163. The molecule has 18 heavy (non-hydrogen) atoms. The van der Waals surface area contributed by atoms with Crippen molar-refractivity contribution in [1.29, 1.82) is 0 Å². The van der Waals surface area contributed by atoms with Crippen LogP contribution in [0.25, 0.3) is 0 Å². The van der Waals surface area contributed by atoms with Gasteiger partial charge < -0.3 is 15.2 Å². The number of anilines is 2. The number of carbonyl (C=O) groups is 1. The molecule has 0 atom stereocenters. The summed E-state index contributed by atoms with van der Waals surface area (Å²) in [5.41, 5.74) is 8.80. The van der Waals surface area contributed by atoms with Crippen molar-refractivity contribution in [2.45, 2.75) is 13.3 Å². The van der Waals surface area contributed by atoms with E-state index in [-0.39, 0.29) is 5.91 Å². The van der Waals surface area contributed by atoms with Crippen molar-refractivity contribution >= 4 is 17.3 Å². The monoisotopic (exact) mass is 243 g/mol. The van der Waals surface area contributed by atoms with Crippen molar-refractivity contribution < 1.29 is 9.32 Å². The predicted octanol–water partition coefficient (Wildman–Crippen LogP) is 1.77. The van der Waals surface area contributed by atoms with E-state index in [1.807, 2.05) is 12.1 Å². The number of nitrogens with zero attached hydrogens (tertiary/aromatic N) is 2. The molecule has 0 unspecified atom stereocenters. The zero-order valence-corrected chi connectivity index (χ0v) is 10.0. The minimum atomic E-state index is -0.163. The molecule has 1 aromatic heterocycles. The summed E-state index contributed by atoms with van der Waals surface area (Å²) in [5.74, 6) is 0.460. The van der Waals surface area contributed by atoms with E-state index in [0.29, 0.717) is 23.7 Å². The quantitative estimate of drug-likeness (QED) is 0.775. The number of aromatic nitrogens is 1. The third-order valence-corrected chi connectivity index (χ3v) is 3.12. The first-order valence-corrected chi connectivity index (χ1v) is 5.79. The fourth-order valence-electron chi connectivity index (χ4n) is 2.29. The number of benzene rings is 1. The first-order valence-electron chi connectivity index (χ1n) is 5.79. The third kappa shape index (κ3) is 1.55. The molecule has 92 valence electrons. The second-order valence-corrected chi connectivity index (χ2v) is 4.38.